The lowest BCUT2D eigenvalue weighted by Crippen LogP contribution is -2.50. The van der Waals surface area contributed by atoms with Crippen molar-refractivity contribution in [1.82, 2.24) is 10.2 Å². The van der Waals surface area contributed by atoms with Gasteiger partial charge in [0, 0.05) is 24.9 Å². The highest BCUT2D eigenvalue weighted by atomic mass is 16.5. The fourth-order valence-electron chi connectivity index (χ4n) is 6.05. The highest BCUT2D eigenvalue weighted by Gasteiger charge is 2.58. The molecule has 7 heteroatoms. The minimum atomic E-state index is -0.985. The minimum absolute atomic E-state index is 0.0214. The topological polar surface area (TPSA) is 95.9 Å². The molecule has 0 atom stereocenters. The molecule has 1 aliphatic carbocycles. The summed E-state index contributed by atoms with van der Waals surface area (Å²) in [5.41, 5.74) is 3.73. The van der Waals surface area contributed by atoms with Crippen molar-refractivity contribution >= 4 is 18.0 Å². The normalized spacial score (nSPS) is 22.4. The van der Waals surface area contributed by atoms with Crippen molar-refractivity contribution in [1.29, 1.82) is 0 Å². The number of hydrogen-bond acceptors (Lipinski definition) is 4. The minimum Gasteiger partial charge on any atom is -0.479 e. The molecule has 178 valence electrons. The number of ether oxygens (including phenoxy) is 1. The Kier molecular flexibility index (Phi) is 6.02. The van der Waals surface area contributed by atoms with Gasteiger partial charge in [-0.2, -0.15) is 0 Å². The monoisotopic (exact) mass is 462 g/mol. The van der Waals surface area contributed by atoms with Crippen LogP contribution < -0.4 is 5.32 Å². The van der Waals surface area contributed by atoms with E-state index >= 15 is 0 Å². The van der Waals surface area contributed by atoms with E-state index < -0.39 is 17.6 Å². The largest absolute Gasteiger partial charge is 0.479 e. The zero-order chi connectivity index (χ0) is 23.7. The molecule has 3 aliphatic rings. The summed E-state index contributed by atoms with van der Waals surface area (Å²) < 4.78 is 5.53. The van der Waals surface area contributed by atoms with Gasteiger partial charge in [0.2, 0.25) is 5.91 Å². The second-order valence-electron chi connectivity index (χ2n) is 9.54. The Morgan fingerprint density at radius 3 is 2.21 bits per heavy atom. The first-order valence-corrected chi connectivity index (χ1v) is 12.2. The van der Waals surface area contributed by atoms with Crippen molar-refractivity contribution < 1.29 is 24.2 Å². The van der Waals surface area contributed by atoms with Crippen molar-refractivity contribution in [3.05, 3.63) is 59.7 Å². The molecule has 2 bridgehead atoms. The number of nitrogens with one attached hydrogen (secondary N) is 1. The lowest BCUT2D eigenvalue weighted by molar-refractivity contribution is -0.155. The number of carboxylic acids is 1. The molecule has 34 heavy (non-hydrogen) atoms. The van der Waals surface area contributed by atoms with E-state index in [0.29, 0.717) is 38.6 Å². The quantitative estimate of drug-likeness (QED) is 0.570. The zero-order valence-corrected chi connectivity index (χ0v) is 19.2. The van der Waals surface area contributed by atoms with Gasteiger partial charge in [0.15, 0.2) is 0 Å². The van der Waals surface area contributed by atoms with Crippen molar-refractivity contribution in [2.45, 2.75) is 62.4 Å². The number of carbonyl (C=O) groups is 3. The first kappa shape index (κ1) is 22.4. The van der Waals surface area contributed by atoms with E-state index in [1.165, 1.54) is 22.3 Å². The van der Waals surface area contributed by atoms with Crippen LogP contribution in [0.2, 0.25) is 0 Å². The summed E-state index contributed by atoms with van der Waals surface area (Å²) >= 11 is 0. The van der Waals surface area contributed by atoms with Gasteiger partial charge in [-0.1, -0.05) is 48.5 Å². The number of benzene rings is 2. The van der Waals surface area contributed by atoms with Crippen LogP contribution in [-0.2, 0) is 14.3 Å². The molecule has 2 N–H and O–H groups in total. The summed E-state index contributed by atoms with van der Waals surface area (Å²) in [7, 11) is 0. The fourth-order valence-corrected chi connectivity index (χ4v) is 6.05. The van der Waals surface area contributed by atoms with Gasteiger partial charge in [0.1, 0.15) is 12.1 Å². The van der Waals surface area contributed by atoms with Crippen LogP contribution in [-0.4, -0.2) is 52.7 Å². The molecule has 2 heterocycles. The van der Waals surface area contributed by atoms with Crippen molar-refractivity contribution in [3.63, 3.8) is 0 Å². The molecule has 0 unspecified atom stereocenters. The van der Waals surface area contributed by atoms with Crippen LogP contribution in [0, 0.1) is 0 Å². The van der Waals surface area contributed by atoms with Crippen LogP contribution in [0.15, 0.2) is 48.5 Å². The van der Waals surface area contributed by atoms with Crippen LogP contribution in [0.1, 0.15) is 62.0 Å². The fraction of sp³-hybridized carbons (Fsp3) is 0.444. The van der Waals surface area contributed by atoms with E-state index in [-0.39, 0.29) is 24.5 Å². The summed E-state index contributed by atoms with van der Waals surface area (Å²) in [6.45, 7) is 0.684. The number of carbonyl (C=O) groups excluding carboxylic acids is 2. The van der Waals surface area contributed by atoms with E-state index in [0.717, 1.165) is 12.8 Å². The van der Waals surface area contributed by atoms with E-state index in [9.17, 15) is 19.5 Å². The van der Waals surface area contributed by atoms with Gasteiger partial charge in [-0.25, -0.2) is 9.59 Å². The van der Waals surface area contributed by atoms with E-state index in [2.05, 4.69) is 29.6 Å². The molecule has 2 saturated heterocycles. The molecule has 2 aliphatic heterocycles. The molecule has 2 amide bonds. The van der Waals surface area contributed by atoms with Crippen molar-refractivity contribution in [3.8, 4) is 11.1 Å². The average Bonchev–Trinajstić information content (AvgIpc) is 3.51. The maximum absolute atomic E-state index is 12.7. The molecule has 0 aromatic heterocycles. The highest BCUT2D eigenvalue weighted by Crippen LogP contribution is 2.47. The van der Waals surface area contributed by atoms with Gasteiger partial charge in [-0.3, -0.25) is 4.79 Å². The van der Waals surface area contributed by atoms with E-state index in [4.69, 9.17) is 4.74 Å². The second-order valence-corrected chi connectivity index (χ2v) is 9.54. The number of amides is 2. The lowest BCUT2D eigenvalue weighted by atomic mass is 9.88. The summed E-state index contributed by atoms with van der Waals surface area (Å²) in [6.07, 6.45) is 3.75. The van der Waals surface area contributed by atoms with Gasteiger partial charge in [-0.15, -0.1) is 0 Å². The maximum Gasteiger partial charge on any atom is 0.407 e. The summed E-state index contributed by atoms with van der Waals surface area (Å²) in [4.78, 5) is 38.4. The van der Waals surface area contributed by atoms with Crippen LogP contribution in [0.25, 0.3) is 11.1 Å². The third-order valence-electron chi connectivity index (χ3n) is 7.71. The number of fused-ring (bicyclic) bond motifs is 5. The Morgan fingerprint density at radius 1 is 0.971 bits per heavy atom. The van der Waals surface area contributed by atoms with E-state index in [1.54, 1.807) is 4.90 Å². The Labute approximate surface area is 199 Å². The molecular weight excluding hydrogens is 432 g/mol. The molecule has 5 rings (SSSR count). The smallest absolute Gasteiger partial charge is 0.407 e. The van der Waals surface area contributed by atoms with E-state index in [1.807, 2.05) is 24.3 Å². The van der Waals surface area contributed by atoms with Crippen molar-refractivity contribution in [2.24, 2.45) is 0 Å². The maximum atomic E-state index is 12.7. The van der Waals surface area contributed by atoms with Crippen LogP contribution in [0.3, 0.4) is 0 Å². The molecule has 2 aromatic carbocycles. The number of hydrogen-bond donors (Lipinski definition) is 2. The van der Waals surface area contributed by atoms with Crippen LogP contribution >= 0.6 is 0 Å². The number of aliphatic carboxylic acids is 1. The molecule has 2 aromatic rings. The molecular formula is C27H30N2O5. The van der Waals surface area contributed by atoms with Gasteiger partial charge >= 0.3 is 12.1 Å². The lowest BCUT2D eigenvalue weighted by Gasteiger charge is -2.31. The van der Waals surface area contributed by atoms with Crippen LogP contribution in [0.4, 0.5) is 4.79 Å². The number of nitrogens with zero attached hydrogens (tertiary/aromatic N) is 1. The van der Waals surface area contributed by atoms with Gasteiger partial charge in [0.25, 0.3) is 0 Å². The average molecular weight is 463 g/mol. The predicted octanol–water partition coefficient (Wildman–Crippen LogP) is 4.30. The molecule has 0 spiro atoms. The number of alkyl carbamates (subject to hydrolysis) is 1. The van der Waals surface area contributed by atoms with Gasteiger partial charge in [-0.05, 0) is 60.8 Å². The van der Waals surface area contributed by atoms with Crippen molar-refractivity contribution in [2.75, 3.05) is 13.2 Å². The van der Waals surface area contributed by atoms with Crippen LogP contribution in [0.5, 0.6) is 0 Å². The Hall–Kier alpha value is -3.35. The first-order chi connectivity index (χ1) is 16.5. The Bertz CT molecular complexity index is 1060. The summed E-state index contributed by atoms with van der Waals surface area (Å²) in [5.74, 6) is -0.936. The predicted molar refractivity (Wildman–Crippen MR) is 126 cm³/mol. The zero-order valence-electron chi connectivity index (χ0n) is 19.2. The van der Waals surface area contributed by atoms with Gasteiger partial charge < -0.3 is 20.1 Å². The third-order valence-corrected chi connectivity index (χ3v) is 7.71. The highest BCUT2D eigenvalue weighted by molar-refractivity contribution is 5.89. The number of carboxylic acid groups (broad SMARTS) is 1. The number of unbranched alkanes of at least 4 members (excludes halogenated alkanes) is 1. The standard InChI is InChI=1S/C27H30N2O5/c30-24(29-18-12-14-27(29,15-13-18)25(31)32)11-5-6-16-28-26(33)34-17-23-21-9-3-1-7-19(21)20-8-2-4-10-22(20)23/h1-4,7-10,18,23H,5-6,11-17H2,(H,28,33)(H,31,32). The SMILES string of the molecule is O=C(NCCCCC(=O)N1C2CCC1(C(=O)O)CC2)OCC1c2ccccc2-c2ccccc21. The Balaban J connectivity index is 1.06. The summed E-state index contributed by atoms with van der Waals surface area (Å²) in [6, 6.07) is 16.5. The first-order valence-electron chi connectivity index (χ1n) is 12.2. The molecule has 2 fully saturated rings. The third kappa shape index (κ3) is 3.83. The Morgan fingerprint density at radius 2 is 1.59 bits per heavy atom. The molecule has 0 saturated carbocycles. The summed E-state index contributed by atoms with van der Waals surface area (Å²) in [5, 5.41) is 12.4. The second kappa shape index (κ2) is 9.12. The molecule has 7 nitrogen and oxygen atoms in total. The number of rotatable bonds is 8. The van der Waals surface area contributed by atoms with Gasteiger partial charge in [0.05, 0.1) is 0 Å². The molecule has 0 radical (unpaired) electrons.